The highest BCUT2D eigenvalue weighted by molar-refractivity contribution is 6.30. The number of nitriles is 1. The highest BCUT2D eigenvalue weighted by Crippen LogP contribution is 2.23. The highest BCUT2D eigenvalue weighted by atomic mass is 35.5. The Morgan fingerprint density at radius 3 is 2.55 bits per heavy atom. The molecule has 3 rings (SSSR count). The number of carbonyl (C=O) groups excluding carboxylic acids is 1. The molecule has 3 aromatic carbocycles. The van der Waals surface area contributed by atoms with Crippen LogP contribution in [0.4, 0.5) is 10.1 Å². The number of carbonyl (C=O) groups is 1. The maximum absolute atomic E-state index is 14.1. The summed E-state index contributed by atoms with van der Waals surface area (Å²) in [5.41, 5.74) is 2.28. The fraction of sp³-hybridized carbons (Fsp3) is 0.120. The lowest BCUT2D eigenvalue weighted by Crippen LogP contribution is -2.13. The number of benzene rings is 3. The molecular formula is C25H20ClFN2O2. The van der Waals surface area contributed by atoms with E-state index in [9.17, 15) is 14.4 Å². The zero-order valence-electron chi connectivity index (χ0n) is 16.9. The lowest BCUT2D eigenvalue weighted by atomic mass is 9.98. The van der Waals surface area contributed by atoms with E-state index in [1.165, 1.54) is 12.1 Å². The Labute approximate surface area is 185 Å². The molecule has 31 heavy (non-hydrogen) atoms. The molecule has 0 saturated heterocycles. The molecule has 0 aliphatic heterocycles. The van der Waals surface area contributed by atoms with E-state index < -0.39 is 5.91 Å². The van der Waals surface area contributed by atoms with Gasteiger partial charge in [0.15, 0.2) is 0 Å². The molecule has 0 heterocycles. The van der Waals surface area contributed by atoms with E-state index in [1.807, 2.05) is 13.0 Å². The number of halogens is 2. The standard InChI is InChI=1S/C25H20ClFN2O2/c1-2-31-23-11-9-22(10-12-23)29-25(30)20(16-28)14-19-15-21(26)8-7-17(19)13-18-5-3-4-6-24(18)27/h3-12,14-15H,2,13H2,1H3,(H,29,30)/b20-14+. The van der Waals surface area contributed by atoms with E-state index in [0.717, 1.165) is 5.56 Å². The molecule has 156 valence electrons. The fourth-order valence-corrected chi connectivity index (χ4v) is 3.19. The minimum Gasteiger partial charge on any atom is -0.494 e. The van der Waals surface area contributed by atoms with E-state index in [0.29, 0.717) is 40.6 Å². The highest BCUT2D eigenvalue weighted by Gasteiger charge is 2.13. The molecule has 3 aromatic rings. The predicted molar refractivity (Wildman–Crippen MR) is 120 cm³/mol. The van der Waals surface area contributed by atoms with E-state index >= 15 is 0 Å². The van der Waals surface area contributed by atoms with Gasteiger partial charge in [0.2, 0.25) is 0 Å². The summed E-state index contributed by atoms with van der Waals surface area (Å²) in [4.78, 5) is 12.6. The zero-order chi connectivity index (χ0) is 22.2. The zero-order valence-corrected chi connectivity index (χ0v) is 17.6. The van der Waals surface area contributed by atoms with Crippen molar-refractivity contribution in [2.75, 3.05) is 11.9 Å². The molecule has 0 fully saturated rings. The Hall–Kier alpha value is -3.62. The molecule has 0 bridgehead atoms. The molecule has 0 atom stereocenters. The van der Waals surface area contributed by atoms with Gasteiger partial charge in [-0.3, -0.25) is 4.79 Å². The Morgan fingerprint density at radius 2 is 1.87 bits per heavy atom. The summed E-state index contributed by atoms with van der Waals surface area (Å²) in [5, 5.41) is 12.7. The summed E-state index contributed by atoms with van der Waals surface area (Å²) in [7, 11) is 0. The van der Waals surface area contributed by atoms with Gasteiger partial charge >= 0.3 is 0 Å². The van der Waals surface area contributed by atoms with Gasteiger partial charge in [0.25, 0.3) is 5.91 Å². The van der Waals surface area contributed by atoms with E-state index in [4.69, 9.17) is 16.3 Å². The number of hydrogen-bond donors (Lipinski definition) is 1. The van der Waals surface area contributed by atoms with E-state index in [1.54, 1.807) is 60.7 Å². The van der Waals surface area contributed by atoms with E-state index in [2.05, 4.69) is 5.32 Å². The normalized spacial score (nSPS) is 11.0. The lowest BCUT2D eigenvalue weighted by Gasteiger charge is -2.10. The van der Waals surface area contributed by atoms with Crippen LogP contribution in [0.25, 0.3) is 6.08 Å². The van der Waals surface area contributed by atoms with Gasteiger partial charge in [-0.2, -0.15) is 5.26 Å². The van der Waals surface area contributed by atoms with Crippen molar-refractivity contribution in [1.29, 1.82) is 5.26 Å². The smallest absolute Gasteiger partial charge is 0.266 e. The van der Waals surface area contributed by atoms with Crippen LogP contribution in [0, 0.1) is 17.1 Å². The molecule has 0 radical (unpaired) electrons. The number of rotatable bonds is 7. The molecule has 0 saturated carbocycles. The van der Waals surface area contributed by atoms with Crippen molar-refractivity contribution >= 4 is 29.3 Å². The molecule has 0 unspecified atom stereocenters. The van der Waals surface area contributed by atoms with Crippen LogP contribution in [0.15, 0.2) is 72.3 Å². The fourth-order valence-electron chi connectivity index (χ4n) is 3.01. The maximum Gasteiger partial charge on any atom is 0.266 e. The van der Waals surface area contributed by atoms with Gasteiger partial charge in [-0.1, -0.05) is 35.9 Å². The van der Waals surface area contributed by atoms with Crippen LogP contribution >= 0.6 is 11.6 Å². The first kappa shape index (κ1) is 22.1. The topological polar surface area (TPSA) is 62.1 Å². The molecular weight excluding hydrogens is 415 g/mol. The van der Waals surface area contributed by atoms with Gasteiger partial charge in [-0.15, -0.1) is 0 Å². The first-order valence-corrected chi connectivity index (χ1v) is 10.1. The monoisotopic (exact) mass is 434 g/mol. The van der Waals surface area contributed by atoms with Gasteiger partial charge < -0.3 is 10.1 Å². The summed E-state index contributed by atoms with van der Waals surface area (Å²) in [6.07, 6.45) is 1.76. The third kappa shape index (κ3) is 5.94. The van der Waals surface area contributed by atoms with E-state index in [-0.39, 0.29) is 11.4 Å². The minimum atomic E-state index is -0.552. The first-order valence-electron chi connectivity index (χ1n) is 9.68. The van der Waals surface area contributed by atoms with Crippen LogP contribution in [0.5, 0.6) is 5.75 Å². The van der Waals surface area contributed by atoms with Gasteiger partial charge in [0, 0.05) is 17.1 Å². The Balaban J connectivity index is 1.86. The number of hydrogen-bond acceptors (Lipinski definition) is 3. The summed E-state index contributed by atoms with van der Waals surface area (Å²) >= 11 is 6.13. The number of nitrogens with one attached hydrogen (secondary N) is 1. The first-order chi connectivity index (χ1) is 15.0. The summed E-state index contributed by atoms with van der Waals surface area (Å²) < 4.78 is 19.5. The van der Waals surface area contributed by atoms with Crippen molar-refractivity contribution in [2.45, 2.75) is 13.3 Å². The molecule has 6 heteroatoms. The predicted octanol–water partition coefficient (Wildman–Crippen LogP) is 6.01. The van der Waals surface area contributed by atoms with Crippen LogP contribution in [0.2, 0.25) is 5.02 Å². The van der Waals surface area contributed by atoms with Crippen molar-refractivity contribution in [3.05, 3.63) is 99.8 Å². The second kappa shape index (κ2) is 10.4. The van der Waals surface area contributed by atoms with Gasteiger partial charge in [0.05, 0.1) is 6.61 Å². The summed E-state index contributed by atoms with van der Waals surface area (Å²) in [6, 6.07) is 20.4. The summed E-state index contributed by atoms with van der Waals surface area (Å²) in [6.45, 7) is 2.43. The second-order valence-corrected chi connectivity index (χ2v) is 7.13. The molecule has 0 aliphatic rings. The van der Waals surface area contributed by atoms with Crippen molar-refractivity contribution in [2.24, 2.45) is 0 Å². The molecule has 0 spiro atoms. The van der Waals surface area contributed by atoms with Crippen LogP contribution < -0.4 is 10.1 Å². The largest absolute Gasteiger partial charge is 0.494 e. The Morgan fingerprint density at radius 1 is 1.13 bits per heavy atom. The van der Waals surface area contributed by atoms with Crippen LogP contribution in [-0.2, 0) is 11.2 Å². The Bertz CT molecular complexity index is 1150. The molecule has 0 aliphatic carbocycles. The van der Waals surface area contributed by atoms with Crippen molar-refractivity contribution in [3.8, 4) is 11.8 Å². The number of nitrogens with zero attached hydrogens (tertiary/aromatic N) is 1. The molecule has 1 N–H and O–H groups in total. The number of anilines is 1. The number of amides is 1. The SMILES string of the molecule is CCOc1ccc(NC(=O)/C(C#N)=C/c2cc(Cl)ccc2Cc2ccccc2F)cc1. The van der Waals surface area contributed by atoms with Crippen LogP contribution in [0.3, 0.4) is 0 Å². The summed E-state index contributed by atoms with van der Waals surface area (Å²) in [5.74, 6) is -0.183. The van der Waals surface area contributed by atoms with Crippen molar-refractivity contribution in [1.82, 2.24) is 0 Å². The molecule has 0 aromatic heterocycles. The molecule has 1 amide bonds. The minimum absolute atomic E-state index is 0.0917. The van der Waals surface area contributed by atoms with Gasteiger partial charge in [-0.05, 0) is 72.2 Å². The average molecular weight is 435 g/mol. The van der Waals surface area contributed by atoms with Crippen molar-refractivity contribution < 1.29 is 13.9 Å². The van der Waals surface area contributed by atoms with Crippen LogP contribution in [-0.4, -0.2) is 12.5 Å². The average Bonchev–Trinajstić information content (AvgIpc) is 2.76. The second-order valence-electron chi connectivity index (χ2n) is 6.69. The van der Waals surface area contributed by atoms with Gasteiger partial charge in [0.1, 0.15) is 23.2 Å². The third-order valence-electron chi connectivity index (χ3n) is 4.53. The number of ether oxygens (including phenoxy) is 1. The van der Waals surface area contributed by atoms with Crippen LogP contribution in [0.1, 0.15) is 23.6 Å². The molecule has 4 nitrogen and oxygen atoms in total. The maximum atomic E-state index is 14.1. The van der Waals surface area contributed by atoms with Gasteiger partial charge in [-0.25, -0.2) is 4.39 Å². The quantitative estimate of drug-likeness (QED) is 0.365. The Kier molecular flexibility index (Phi) is 7.42. The third-order valence-corrected chi connectivity index (χ3v) is 4.77. The lowest BCUT2D eigenvalue weighted by molar-refractivity contribution is -0.112. The van der Waals surface area contributed by atoms with Crippen molar-refractivity contribution in [3.63, 3.8) is 0 Å².